The summed E-state index contributed by atoms with van der Waals surface area (Å²) >= 11 is 1.80. The summed E-state index contributed by atoms with van der Waals surface area (Å²) in [5.74, 6) is 0. The molecule has 0 saturated carbocycles. The molecule has 0 saturated heterocycles. The van der Waals surface area contributed by atoms with Crippen LogP contribution in [0, 0.1) is 0 Å². The maximum Gasteiger partial charge on any atom is 0.0345 e. The summed E-state index contributed by atoms with van der Waals surface area (Å²) in [5.41, 5.74) is 2.76. The normalized spacial score (nSPS) is 10.9. The molecule has 78 valence electrons. The van der Waals surface area contributed by atoms with E-state index in [9.17, 15) is 0 Å². The molecule has 0 fully saturated rings. The highest BCUT2D eigenvalue weighted by Crippen LogP contribution is 2.28. The highest BCUT2D eigenvalue weighted by Gasteiger charge is 2.05. The van der Waals surface area contributed by atoms with Crippen LogP contribution in [0.3, 0.4) is 0 Å². The van der Waals surface area contributed by atoms with E-state index in [2.05, 4.69) is 60.8 Å². The van der Waals surface area contributed by atoms with Gasteiger partial charge >= 0.3 is 0 Å². The van der Waals surface area contributed by atoms with Gasteiger partial charge in [-0.2, -0.15) is 0 Å². The number of nitrogens with zero attached hydrogens (tertiary/aromatic N) is 1. The van der Waals surface area contributed by atoms with Crippen LogP contribution in [0.25, 0.3) is 10.4 Å². The van der Waals surface area contributed by atoms with E-state index in [1.54, 1.807) is 11.3 Å². The highest BCUT2D eigenvalue weighted by atomic mass is 32.1. The third-order valence-corrected chi connectivity index (χ3v) is 3.19. The molecule has 0 bridgehead atoms. The molecule has 0 aliphatic carbocycles. The predicted octanol–water partition coefficient (Wildman–Crippen LogP) is 3.48. The second-order valence-corrected chi connectivity index (χ2v) is 4.82. The summed E-state index contributed by atoms with van der Waals surface area (Å²) in [6.45, 7) is 0.994. The average molecular weight is 217 g/mol. The van der Waals surface area contributed by atoms with Crippen LogP contribution in [0.5, 0.6) is 0 Å². The van der Waals surface area contributed by atoms with Crippen LogP contribution in [0.2, 0.25) is 0 Å². The van der Waals surface area contributed by atoms with Crippen molar-refractivity contribution < 1.29 is 0 Å². The first-order chi connectivity index (χ1) is 7.27. The fourth-order valence-electron chi connectivity index (χ4n) is 1.67. The van der Waals surface area contributed by atoms with Gasteiger partial charge in [-0.1, -0.05) is 30.3 Å². The summed E-state index contributed by atoms with van der Waals surface area (Å²) in [4.78, 5) is 3.55. The lowest BCUT2D eigenvalue weighted by Crippen LogP contribution is -2.11. The van der Waals surface area contributed by atoms with Gasteiger partial charge in [-0.15, -0.1) is 11.3 Å². The molecule has 0 spiro atoms. The van der Waals surface area contributed by atoms with Crippen LogP contribution in [0.15, 0.2) is 41.8 Å². The molecule has 1 heterocycles. The van der Waals surface area contributed by atoms with Crippen molar-refractivity contribution in [1.82, 2.24) is 4.90 Å². The van der Waals surface area contributed by atoms with Gasteiger partial charge in [-0.3, -0.25) is 0 Å². The second-order valence-electron chi connectivity index (χ2n) is 3.87. The summed E-state index contributed by atoms with van der Waals surface area (Å²) in [6.07, 6.45) is 0. The van der Waals surface area contributed by atoms with Crippen molar-refractivity contribution in [2.24, 2.45) is 0 Å². The van der Waals surface area contributed by atoms with Gasteiger partial charge in [-0.25, -0.2) is 0 Å². The van der Waals surface area contributed by atoms with Gasteiger partial charge in [0.2, 0.25) is 0 Å². The summed E-state index contributed by atoms with van der Waals surface area (Å²) in [7, 11) is 4.20. The molecule has 0 atom stereocenters. The molecule has 2 aromatic rings. The first kappa shape index (κ1) is 10.4. The molecule has 2 heteroatoms. The van der Waals surface area contributed by atoms with Gasteiger partial charge < -0.3 is 4.90 Å². The quantitative estimate of drug-likeness (QED) is 0.761. The van der Waals surface area contributed by atoms with Crippen LogP contribution >= 0.6 is 11.3 Å². The lowest BCUT2D eigenvalue weighted by atomic mass is 10.1. The fraction of sp³-hybridized carbons (Fsp3) is 0.231. The smallest absolute Gasteiger partial charge is 0.0345 e. The molecule has 0 aliphatic heterocycles. The van der Waals surface area contributed by atoms with Crippen molar-refractivity contribution in [2.45, 2.75) is 6.54 Å². The first-order valence-corrected chi connectivity index (χ1v) is 5.92. The second kappa shape index (κ2) is 4.60. The van der Waals surface area contributed by atoms with Crippen LogP contribution < -0.4 is 0 Å². The molecule has 1 nitrogen and oxygen atoms in total. The number of thiophene rings is 1. The molecular formula is C13H15NS. The van der Waals surface area contributed by atoms with Crippen molar-refractivity contribution in [3.05, 3.63) is 47.3 Å². The minimum atomic E-state index is 0.994. The summed E-state index contributed by atoms with van der Waals surface area (Å²) in [6, 6.07) is 12.9. The molecular weight excluding hydrogens is 202 g/mol. The Morgan fingerprint density at radius 2 is 1.87 bits per heavy atom. The molecule has 15 heavy (non-hydrogen) atoms. The van der Waals surface area contributed by atoms with Gasteiger partial charge in [0.05, 0.1) is 0 Å². The Bertz CT molecular complexity index is 418. The van der Waals surface area contributed by atoms with Gasteiger partial charge in [-0.05, 0) is 36.7 Å². The fourth-order valence-corrected chi connectivity index (χ4v) is 2.46. The van der Waals surface area contributed by atoms with Crippen LogP contribution in [0.1, 0.15) is 5.56 Å². The lowest BCUT2D eigenvalue weighted by Gasteiger charge is -2.13. The minimum Gasteiger partial charge on any atom is -0.305 e. The molecule has 2 rings (SSSR count). The molecule has 0 amide bonds. The standard InChI is InChI=1S/C13H15NS/c1-14(2)10-11-6-3-4-7-12(11)13-8-5-9-15-13/h3-9H,10H2,1-2H3. The zero-order valence-corrected chi connectivity index (χ0v) is 9.92. The Morgan fingerprint density at radius 1 is 1.07 bits per heavy atom. The lowest BCUT2D eigenvalue weighted by molar-refractivity contribution is 0.403. The van der Waals surface area contributed by atoms with Crippen molar-refractivity contribution in [3.8, 4) is 10.4 Å². The van der Waals surface area contributed by atoms with E-state index in [1.165, 1.54) is 16.0 Å². The Kier molecular flexibility index (Phi) is 3.19. The van der Waals surface area contributed by atoms with Crippen molar-refractivity contribution in [2.75, 3.05) is 14.1 Å². The molecule has 1 aromatic carbocycles. The van der Waals surface area contributed by atoms with E-state index in [1.807, 2.05) is 0 Å². The van der Waals surface area contributed by atoms with E-state index >= 15 is 0 Å². The largest absolute Gasteiger partial charge is 0.305 e. The Morgan fingerprint density at radius 3 is 2.53 bits per heavy atom. The van der Waals surface area contributed by atoms with Crippen LogP contribution in [-0.4, -0.2) is 19.0 Å². The average Bonchev–Trinajstić information content (AvgIpc) is 2.70. The highest BCUT2D eigenvalue weighted by molar-refractivity contribution is 7.13. The Hall–Kier alpha value is -1.12. The van der Waals surface area contributed by atoms with E-state index in [0.29, 0.717) is 0 Å². The van der Waals surface area contributed by atoms with Crippen molar-refractivity contribution >= 4 is 11.3 Å². The van der Waals surface area contributed by atoms with Crippen LogP contribution in [-0.2, 0) is 6.54 Å². The number of hydrogen-bond donors (Lipinski definition) is 0. The molecule has 0 radical (unpaired) electrons. The van der Waals surface area contributed by atoms with Gasteiger partial charge in [0.25, 0.3) is 0 Å². The summed E-state index contributed by atoms with van der Waals surface area (Å²) in [5, 5.41) is 2.13. The Balaban J connectivity index is 2.38. The monoisotopic (exact) mass is 217 g/mol. The van der Waals surface area contributed by atoms with E-state index in [4.69, 9.17) is 0 Å². The van der Waals surface area contributed by atoms with E-state index in [-0.39, 0.29) is 0 Å². The van der Waals surface area contributed by atoms with Crippen molar-refractivity contribution in [3.63, 3.8) is 0 Å². The molecule has 0 unspecified atom stereocenters. The summed E-state index contributed by atoms with van der Waals surface area (Å²) < 4.78 is 0. The Labute approximate surface area is 95.0 Å². The maximum absolute atomic E-state index is 2.20. The molecule has 1 aromatic heterocycles. The molecule has 0 aliphatic rings. The van der Waals surface area contributed by atoms with E-state index in [0.717, 1.165) is 6.54 Å². The number of hydrogen-bond acceptors (Lipinski definition) is 2. The predicted molar refractivity (Wildman–Crippen MR) is 67.1 cm³/mol. The van der Waals surface area contributed by atoms with E-state index < -0.39 is 0 Å². The number of rotatable bonds is 3. The van der Waals surface area contributed by atoms with Gasteiger partial charge in [0, 0.05) is 11.4 Å². The third-order valence-electron chi connectivity index (χ3n) is 2.29. The zero-order valence-electron chi connectivity index (χ0n) is 9.10. The van der Waals surface area contributed by atoms with Gasteiger partial charge in [0.15, 0.2) is 0 Å². The van der Waals surface area contributed by atoms with Crippen LogP contribution in [0.4, 0.5) is 0 Å². The third kappa shape index (κ3) is 2.46. The van der Waals surface area contributed by atoms with Crippen molar-refractivity contribution in [1.29, 1.82) is 0 Å². The zero-order chi connectivity index (χ0) is 10.7. The first-order valence-electron chi connectivity index (χ1n) is 5.04. The minimum absolute atomic E-state index is 0.994. The SMILES string of the molecule is CN(C)Cc1ccccc1-c1cccs1. The topological polar surface area (TPSA) is 3.24 Å². The molecule has 0 N–H and O–H groups in total. The van der Waals surface area contributed by atoms with Gasteiger partial charge in [0.1, 0.15) is 0 Å². The maximum atomic E-state index is 2.20. The number of benzene rings is 1.